The Morgan fingerprint density at radius 1 is 1.17 bits per heavy atom. The lowest BCUT2D eigenvalue weighted by atomic mass is 10.2. The van der Waals surface area contributed by atoms with Gasteiger partial charge in [-0.15, -0.1) is 6.42 Å². The second-order valence-corrected chi connectivity index (χ2v) is 4.89. The van der Waals surface area contributed by atoms with Gasteiger partial charge in [-0.2, -0.15) is 0 Å². The highest BCUT2D eigenvalue weighted by atomic mass is 35.5. The van der Waals surface area contributed by atoms with Gasteiger partial charge in [-0.1, -0.05) is 17.5 Å². The van der Waals surface area contributed by atoms with Gasteiger partial charge >= 0.3 is 0 Å². The molecule has 0 heterocycles. The third kappa shape index (κ3) is 4.41. The van der Waals surface area contributed by atoms with Crippen LogP contribution < -0.4 is 14.2 Å². The number of hydrogen-bond donors (Lipinski definition) is 0. The second-order valence-electron chi connectivity index (χ2n) is 4.48. The van der Waals surface area contributed by atoms with Crippen LogP contribution in [0.2, 0.25) is 5.02 Å². The van der Waals surface area contributed by atoms with Crippen LogP contribution in [0.3, 0.4) is 0 Å². The summed E-state index contributed by atoms with van der Waals surface area (Å²) in [4.78, 5) is 4.39. The first-order valence-electron chi connectivity index (χ1n) is 6.80. The van der Waals surface area contributed by atoms with E-state index in [4.69, 9.17) is 32.2 Å². The number of benzene rings is 2. The van der Waals surface area contributed by atoms with E-state index in [2.05, 4.69) is 10.9 Å². The lowest BCUT2D eigenvalue weighted by molar-refractivity contribution is 0.331. The summed E-state index contributed by atoms with van der Waals surface area (Å²) in [5, 5.41) is 0.413. The summed E-state index contributed by atoms with van der Waals surface area (Å²) < 4.78 is 15.8. The molecule has 0 atom stereocenters. The topological polar surface area (TPSA) is 40.0 Å². The second kappa shape index (κ2) is 8.11. The van der Waals surface area contributed by atoms with Crippen molar-refractivity contribution in [3.8, 4) is 29.6 Å². The third-order valence-corrected chi connectivity index (χ3v) is 3.27. The van der Waals surface area contributed by atoms with Crippen LogP contribution in [-0.4, -0.2) is 27.0 Å². The molecule has 118 valence electrons. The third-order valence-electron chi connectivity index (χ3n) is 2.99. The van der Waals surface area contributed by atoms with Crippen molar-refractivity contribution < 1.29 is 14.2 Å². The Morgan fingerprint density at radius 2 is 1.91 bits per heavy atom. The molecule has 5 heteroatoms. The van der Waals surface area contributed by atoms with E-state index in [1.165, 1.54) is 0 Å². The molecule has 0 fully saturated rings. The van der Waals surface area contributed by atoms with E-state index in [9.17, 15) is 0 Å². The Labute approximate surface area is 140 Å². The molecule has 0 aromatic heterocycles. The van der Waals surface area contributed by atoms with E-state index in [1.54, 1.807) is 32.6 Å². The molecule has 0 N–H and O–H groups in total. The Balaban J connectivity index is 2.24. The zero-order valence-electron chi connectivity index (χ0n) is 12.9. The van der Waals surface area contributed by atoms with Crippen LogP contribution in [0.25, 0.3) is 0 Å². The summed E-state index contributed by atoms with van der Waals surface area (Å²) in [6, 6.07) is 10.9. The minimum absolute atomic E-state index is 0.120. The van der Waals surface area contributed by atoms with Crippen molar-refractivity contribution in [2.45, 2.75) is 0 Å². The number of methoxy groups -OCH3 is 2. The van der Waals surface area contributed by atoms with Crippen LogP contribution in [0.15, 0.2) is 41.4 Å². The number of hydrogen-bond acceptors (Lipinski definition) is 4. The average molecular weight is 330 g/mol. The van der Waals surface area contributed by atoms with E-state index in [1.807, 2.05) is 24.3 Å². The standard InChI is InChI=1S/C18H16ClNO3/c1-4-9-23-18-16(19)10-13(11-17(18)22-3)12-20-14-5-7-15(21-2)8-6-14/h1,5-8,10-12H,9H2,2-3H3. The average Bonchev–Trinajstić information content (AvgIpc) is 2.59. The highest BCUT2D eigenvalue weighted by Crippen LogP contribution is 2.36. The van der Waals surface area contributed by atoms with Crippen LogP contribution in [0, 0.1) is 12.3 Å². The molecule has 0 bridgehead atoms. The number of rotatable bonds is 6. The molecule has 0 aliphatic carbocycles. The lowest BCUT2D eigenvalue weighted by Gasteiger charge is -2.11. The molecule has 0 aliphatic rings. The fourth-order valence-corrected chi connectivity index (χ4v) is 2.16. The molecule has 2 aromatic carbocycles. The lowest BCUT2D eigenvalue weighted by Crippen LogP contribution is -1.98. The maximum Gasteiger partial charge on any atom is 0.181 e. The van der Waals surface area contributed by atoms with E-state index < -0.39 is 0 Å². The van der Waals surface area contributed by atoms with Gasteiger partial charge < -0.3 is 14.2 Å². The molecular weight excluding hydrogens is 314 g/mol. The highest BCUT2D eigenvalue weighted by Gasteiger charge is 2.11. The number of halogens is 1. The van der Waals surface area contributed by atoms with Crippen LogP contribution in [0.4, 0.5) is 5.69 Å². The van der Waals surface area contributed by atoms with E-state index >= 15 is 0 Å². The van der Waals surface area contributed by atoms with Crippen LogP contribution >= 0.6 is 11.6 Å². The smallest absolute Gasteiger partial charge is 0.181 e. The Hall–Kier alpha value is -2.64. The summed E-state index contributed by atoms with van der Waals surface area (Å²) in [6.45, 7) is 0.120. The van der Waals surface area contributed by atoms with Gasteiger partial charge in [0.2, 0.25) is 0 Å². The van der Waals surface area contributed by atoms with Crippen molar-refractivity contribution in [2.75, 3.05) is 20.8 Å². The Kier molecular flexibility index (Phi) is 5.90. The largest absolute Gasteiger partial charge is 0.497 e. The summed E-state index contributed by atoms with van der Waals surface area (Å²) in [5.41, 5.74) is 1.59. The molecular formula is C18H16ClNO3. The fourth-order valence-electron chi connectivity index (χ4n) is 1.89. The van der Waals surface area contributed by atoms with Gasteiger partial charge in [-0.05, 0) is 42.0 Å². The predicted molar refractivity (Wildman–Crippen MR) is 92.6 cm³/mol. The molecule has 4 nitrogen and oxygen atoms in total. The first kappa shape index (κ1) is 16.7. The molecule has 0 saturated heterocycles. The van der Waals surface area contributed by atoms with Crippen LogP contribution in [-0.2, 0) is 0 Å². The molecule has 0 spiro atoms. The maximum atomic E-state index is 6.22. The van der Waals surface area contributed by atoms with E-state index in [0.717, 1.165) is 17.0 Å². The summed E-state index contributed by atoms with van der Waals surface area (Å²) in [5.74, 6) is 4.10. The number of nitrogens with zero attached hydrogens (tertiary/aromatic N) is 1. The first-order chi connectivity index (χ1) is 11.2. The number of terminal acetylenes is 1. The van der Waals surface area contributed by atoms with Crippen LogP contribution in [0.1, 0.15) is 5.56 Å². The van der Waals surface area contributed by atoms with Gasteiger partial charge in [0, 0.05) is 6.21 Å². The summed E-state index contributed by atoms with van der Waals surface area (Å²) in [7, 11) is 3.16. The van der Waals surface area contributed by atoms with Crippen molar-refractivity contribution in [3.05, 3.63) is 47.0 Å². The van der Waals surface area contributed by atoms with Crippen molar-refractivity contribution in [1.29, 1.82) is 0 Å². The summed E-state index contributed by atoms with van der Waals surface area (Å²) >= 11 is 6.22. The highest BCUT2D eigenvalue weighted by molar-refractivity contribution is 6.32. The molecule has 2 rings (SSSR count). The minimum Gasteiger partial charge on any atom is -0.497 e. The zero-order chi connectivity index (χ0) is 16.7. The quantitative estimate of drug-likeness (QED) is 0.591. The number of ether oxygens (including phenoxy) is 3. The van der Waals surface area contributed by atoms with Crippen molar-refractivity contribution >= 4 is 23.5 Å². The predicted octanol–water partition coefficient (Wildman–Crippen LogP) is 4.12. The van der Waals surface area contributed by atoms with Crippen molar-refractivity contribution in [2.24, 2.45) is 4.99 Å². The molecule has 0 amide bonds. The van der Waals surface area contributed by atoms with Gasteiger partial charge in [0.25, 0.3) is 0 Å². The van der Waals surface area contributed by atoms with Crippen LogP contribution in [0.5, 0.6) is 17.2 Å². The van der Waals surface area contributed by atoms with Gasteiger partial charge in [-0.3, -0.25) is 4.99 Å². The SMILES string of the molecule is C#CCOc1c(Cl)cc(C=Nc2ccc(OC)cc2)cc1OC. The number of aliphatic imine (C=N–C) groups is 1. The monoisotopic (exact) mass is 329 g/mol. The van der Waals surface area contributed by atoms with E-state index in [0.29, 0.717) is 16.5 Å². The van der Waals surface area contributed by atoms with Gasteiger partial charge in [0.15, 0.2) is 11.5 Å². The first-order valence-corrected chi connectivity index (χ1v) is 7.17. The Morgan fingerprint density at radius 3 is 2.52 bits per heavy atom. The zero-order valence-corrected chi connectivity index (χ0v) is 13.6. The van der Waals surface area contributed by atoms with Crippen molar-refractivity contribution in [1.82, 2.24) is 0 Å². The van der Waals surface area contributed by atoms with Gasteiger partial charge in [0.1, 0.15) is 12.4 Å². The molecule has 2 aromatic rings. The van der Waals surface area contributed by atoms with Crippen molar-refractivity contribution in [3.63, 3.8) is 0 Å². The molecule has 0 radical (unpaired) electrons. The maximum absolute atomic E-state index is 6.22. The normalized spacial score (nSPS) is 10.3. The van der Waals surface area contributed by atoms with Gasteiger partial charge in [0.05, 0.1) is 24.9 Å². The van der Waals surface area contributed by atoms with E-state index in [-0.39, 0.29) is 6.61 Å². The Bertz CT molecular complexity index is 733. The molecule has 0 saturated carbocycles. The van der Waals surface area contributed by atoms with Gasteiger partial charge in [-0.25, -0.2) is 0 Å². The minimum atomic E-state index is 0.120. The summed E-state index contributed by atoms with van der Waals surface area (Å²) in [6.07, 6.45) is 6.89. The molecule has 0 aliphatic heterocycles. The molecule has 23 heavy (non-hydrogen) atoms. The fraction of sp³-hybridized carbons (Fsp3) is 0.167. The molecule has 0 unspecified atom stereocenters.